The third-order valence-electron chi connectivity index (χ3n) is 8.09. The van der Waals surface area contributed by atoms with Crippen molar-refractivity contribution in [3.63, 3.8) is 0 Å². The van der Waals surface area contributed by atoms with E-state index >= 15 is 0 Å². The molecule has 3 atom stereocenters. The molecule has 0 aromatic rings. The van der Waals surface area contributed by atoms with Crippen molar-refractivity contribution in [3.05, 3.63) is 72.9 Å². The highest BCUT2D eigenvalue weighted by Gasteiger charge is 2.27. The molecule has 3 N–H and O–H groups in total. The first kappa shape index (κ1) is 51.4. The van der Waals surface area contributed by atoms with Crippen LogP contribution in [0.15, 0.2) is 72.9 Å². The van der Waals surface area contributed by atoms with Crippen LogP contribution in [0.4, 0.5) is 0 Å². The average Bonchev–Trinajstić information content (AvgIpc) is 3.16. The van der Waals surface area contributed by atoms with Crippen LogP contribution in [-0.2, 0) is 32.7 Å². The van der Waals surface area contributed by atoms with Gasteiger partial charge in [0, 0.05) is 12.8 Å². The number of hydrogen-bond donors (Lipinski definition) is 3. The molecule has 0 saturated heterocycles. The molecule has 310 valence electrons. The van der Waals surface area contributed by atoms with Gasteiger partial charge in [0.25, 0.3) is 0 Å². The molecular formula is C43H73O10P. The van der Waals surface area contributed by atoms with Gasteiger partial charge in [0.2, 0.25) is 0 Å². The molecular weight excluding hydrogens is 707 g/mol. The molecule has 10 nitrogen and oxygen atoms in total. The van der Waals surface area contributed by atoms with Crippen LogP contribution in [0.1, 0.15) is 149 Å². The van der Waals surface area contributed by atoms with E-state index in [4.69, 9.17) is 19.1 Å². The summed E-state index contributed by atoms with van der Waals surface area (Å²) < 4.78 is 32.6. The van der Waals surface area contributed by atoms with Crippen molar-refractivity contribution in [1.82, 2.24) is 0 Å². The van der Waals surface area contributed by atoms with E-state index in [1.807, 2.05) is 0 Å². The molecule has 0 aliphatic carbocycles. The summed E-state index contributed by atoms with van der Waals surface area (Å²) >= 11 is 0. The minimum absolute atomic E-state index is 0.162. The molecule has 0 fully saturated rings. The van der Waals surface area contributed by atoms with Crippen LogP contribution < -0.4 is 0 Å². The standard InChI is InChI=1S/C43H73O10P/c1-3-5-7-9-11-13-15-17-18-19-20-21-22-23-25-26-28-30-32-34-42(46)50-38-41(39-52-54(48,49)51-37-40(45)36-44)53-43(47)35-33-31-29-27-24-16-14-12-10-8-6-4-2/h5,7,11-14,17-18,20-21,23,25,40-41,44-45H,3-4,6,8-10,15-16,19,22,24,26-39H2,1-2H3,(H,48,49)/b7-5+,13-11+,14-12+,18-17+,21-20+,25-23+/t40-,41+/m1/s1. The summed E-state index contributed by atoms with van der Waals surface area (Å²) in [4.78, 5) is 34.9. The number of unbranched alkanes of at least 4 members (excludes halogenated alkanes) is 11. The van der Waals surface area contributed by atoms with Crippen LogP contribution in [0.2, 0.25) is 0 Å². The van der Waals surface area contributed by atoms with Crippen LogP contribution in [0, 0.1) is 0 Å². The van der Waals surface area contributed by atoms with Crippen molar-refractivity contribution in [2.24, 2.45) is 0 Å². The predicted octanol–water partition coefficient (Wildman–Crippen LogP) is 10.5. The Morgan fingerprint density at radius 2 is 1.02 bits per heavy atom. The van der Waals surface area contributed by atoms with Crippen molar-refractivity contribution in [2.45, 2.75) is 161 Å². The highest BCUT2D eigenvalue weighted by molar-refractivity contribution is 7.47. The van der Waals surface area contributed by atoms with Crippen molar-refractivity contribution >= 4 is 19.8 Å². The lowest BCUT2D eigenvalue weighted by atomic mass is 10.1. The van der Waals surface area contributed by atoms with Gasteiger partial charge in [-0.2, -0.15) is 0 Å². The smallest absolute Gasteiger partial charge is 0.462 e. The van der Waals surface area contributed by atoms with Crippen LogP contribution in [-0.4, -0.2) is 65.7 Å². The average molecular weight is 781 g/mol. The maximum atomic E-state index is 12.6. The van der Waals surface area contributed by atoms with Gasteiger partial charge in [0.15, 0.2) is 6.10 Å². The Morgan fingerprint density at radius 3 is 1.57 bits per heavy atom. The molecule has 0 rings (SSSR count). The van der Waals surface area contributed by atoms with E-state index in [2.05, 4.69) is 91.3 Å². The monoisotopic (exact) mass is 780 g/mol. The molecule has 0 aromatic heterocycles. The second kappa shape index (κ2) is 38.7. The zero-order valence-electron chi connectivity index (χ0n) is 33.4. The molecule has 0 amide bonds. The number of phosphoric ester groups is 1. The van der Waals surface area contributed by atoms with Gasteiger partial charge in [-0.1, -0.05) is 125 Å². The normalized spacial score (nSPS) is 14.7. The number of carbonyl (C=O) groups excluding carboxylic acids is 2. The lowest BCUT2D eigenvalue weighted by molar-refractivity contribution is -0.161. The molecule has 0 aliphatic heterocycles. The Bertz CT molecular complexity index is 1130. The lowest BCUT2D eigenvalue weighted by Gasteiger charge is -2.20. The second-order valence-corrected chi connectivity index (χ2v) is 14.7. The number of hydrogen-bond acceptors (Lipinski definition) is 9. The summed E-state index contributed by atoms with van der Waals surface area (Å²) in [5.74, 6) is -0.981. The Balaban J connectivity index is 4.40. The Hall–Kier alpha value is -2.59. The first-order valence-electron chi connectivity index (χ1n) is 20.4. The SMILES string of the molecule is CC/C=C/C/C=C/C/C=C/C/C=C/C/C=C/CCCCCC(=O)OC[C@@H](COP(=O)(O)OC[C@H](O)CO)OC(=O)CCCCCCC/C=C/CCCCC. The number of carbonyl (C=O) groups is 2. The number of aliphatic hydroxyl groups excluding tert-OH is 2. The first-order chi connectivity index (χ1) is 26.2. The highest BCUT2D eigenvalue weighted by Crippen LogP contribution is 2.43. The fourth-order valence-corrected chi connectivity index (χ4v) is 5.74. The number of aliphatic hydroxyl groups is 2. The van der Waals surface area contributed by atoms with E-state index < -0.39 is 51.8 Å². The number of phosphoric acid groups is 1. The molecule has 54 heavy (non-hydrogen) atoms. The summed E-state index contributed by atoms with van der Waals surface area (Å²) in [6, 6.07) is 0. The first-order valence-corrected chi connectivity index (χ1v) is 21.9. The van der Waals surface area contributed by atoms with Gasteiger partial charge in [0.1, 0.15) is 12.7 Å². The van der Waals surface area contributed by atoms with Gasteiger partial charge < -0.3 is 24.6 Å². The van der Waals surface area contributed by atoms with Crippen LogP contribution >= 0.6 is 7.82 Å². The van der Waals surface area contributed by atoms with E-state index in [9.17, 15) is 24.2 Å². The molecule has 0 radical (unpaired) electrons. The van der Waals surface area contributed by atoms with Crippen LogP contribution in [0.5, 0.6) is 0 Å². The van der Waals surface area contributed by atoms with Crippen molar-refractivity contribution in [1.29, 1.82) is 0 Å². The summed E-state index contributed by atoms with van der Waals surface area (Å²) in [6.07, 6.45) is 43.0. The quantitative estimate of drug-likeness (QED) is 0.0241. The number of ether oxygens (including phenoxy) is 2. The van der Waals surface area contributed by atoms with Gasteiger partial charge in [-0.25, -0.2) is 4.57 Å². The Morgan fingerprint density at radius 1 is 0.574 bits per heavy atom. The topological polar surface area (TPSA) is 149 Å². The van der Waals surface area contributed by atoms with Crippen molar-refractivity contribution < 1.29 is 47.8 Å². The summed E-state index contributed by atoms with van der Waals surface area (Å²) in [7, 11) is -4.63. The van der Waals surface area contributed by atoms with Crippen molar-refractivity contribution in [3.8, 4) is 0 Å². The fraction of sp³-hybridized carbons (Fsp3) is 0.674. The minimum Gasteiger partial charge on any atom is -0.462 e. The lowest BCUT2D eigenvalue weighted by Crippen LogP contribution is -2.29. The van der Waals surface area contributed by atoms with E-state index in [0.29, 0.717) is 12.8 Å². The largest absolute Gasteiger partial charge is 0.472 e. The number of esters is 2. The molecule has 1 unspecified atom stereocenters. The zero-order chi connectivity index (χ0) is 39.8. The highest BCUT2D eigenvalue weighted by atomic mass is 31.2. The number of rotatable bonds is 37. The summed E-state index contributed by atoms with van der Waals surface area (Å²) in [5.41, 5.74) is 0. The van der Waals surface area contributed by atoms with E-state index in [1.54, 1.807) is 0 Å². The molecule has 11 heteroatoms. The van der Waals surface area contributed by atoms with Gasteiger partial charge in [0.05, 0.1) is 19.8 Å². The molecule has 0 aromatic carbocycles. The van der Waals surface area contributed by atoms with Gasteiger partial charge >= 0.3 is 19.8 Å². The maximum Gasteiger partial charge on any atom is 0.472 e. The third-order valence-corrected chi connectivity index (χ3v) is 9.05. The zero-order valence-corrected chi connectivity index (χ0v) is 34.3. The molecule has 0 saturated carbocycles. The van der Waals surface area contributed by atoms with Gasteiger partial charge in [-0.15, -0.1) is 0 Å². The van der Waals surface area contributed by atoms with Crippen LogP contribution in [0.25, 0.3) is 0 Å². The fourth-order valence-electron chi connectivity index (χ4n) is 4.95. The molecule has 0 heterocycles. The second-order valence-electron chi connectivity index (χ2n) is 13.3. The van der Waals surface area contributed by atoms with E-state index in [1.165, 1.54) is 19.3 Å². The molecule has 0 bridgehead atoms. The van der Waals surface area contributed by atoms with E-state index in [-0.39, 0.29) is 19.4 Å². The summed E-state index contributed by atoms with van der Waals surface area (Å²) in [5, 5.41) is 18.3. The van der Waals surface area contributed by atoms with Crippen molar-refractivity contribution in [2.75, 3.05) is 26.4 Å². The van der Waals surface area contributed by atoms with Gasteiger partial charge in [-0.05, 0) is 83.5 Å². The van der Waals surface area contributed by atoms with Crippen LogP contribution in [0.3, 0.4) is 0 Å². The number of allylic oxidation sites excluding steroid dienone is 12. The minimum atomic E-state index is -4.63. The predicted molar refractivity (Wildman–Crippen MR) is 219 cm³/mol. The third kappa shape index (κ3) is 37.7. The Labute approximate surface area is 327 Å². The summed E-state index contributed by atoms with van der Waals surface area (Å²) in [6.45, 7) is 2.16. The van der Waals surface area contributed by atoms with Gasteiger partial charge in [-0.3, -0.25) is 18.6 Å². The maximum absolute atomic E-state index is 12.6. The van der Waals surface area contributed by atoms with E-state index in [0.717, 1.165) is 89.9 Å². The molecule has 0 spiro atoms. The molecule has 0 aliphatic rings. The Kier molecular flexibility index (Phi) is 36.8.